The predicted molar refractivity (Wildman–Crippen MR) is 137 cm³/mol. The average molecular weight is 543 g/mol. The molecule has 0 saturated carbocycles. The summed E-state index contributed by atoms with van der Waals surface area (Å²) in [5.41, 5.74) is 0.235. The summed E-state index contributed by atoms with van der Waals surface area (Å²) in [7, 11) is 3.43. The summed E-state index contributed by atoms with van der Waals surface area (Å²) in [5.74, 6) is -1.10. The Kier molecular flexibility index (Phi) is 8.23. The molecule has 0 aliphatic carbocycles. The number of thiazole rings is 1. The lowest BCUT2D eigenvalue weighted by Crippen LogP contribution is -2.15. The molecule has 1 unspecified atom stereocenters. The van der Waals surface area contributed by atoms with E-state index in [1.165, 1.54) is 34.9 Å². The van der Waals surface area contributed by atoms with Crippen LogP contribution in [0.15, 0.2) is 68.9 Å². The minimum absolute atomic E-state index is 0.235. The number of hydrogen-bond donors (Lipinski definition) is 2. The Balaban J connectivity index is 1.59. The van der Waals surface area contributed by atoms with Crippen LogP contribution in [-0.2, 0) is 18.3 Å². The fourth-order valence-corrected chi connectivity index (χ4v) is 5.54. The smallest absolute Gasteiger partial charge is 0.306 e. The van der Waals surface area contributed by atoms with Gasteiger partial charge in [0.15, 0.2) is 10.3 Å². The molecular weight excluding hydrogens is 520 g/mol. The number of carboxylic acids is 1. The molecule has 3 aromatic heterocycles. The molecule has 10 nitrogen and oxygen atoms in total. The quantitative estimate of drug-likeness (QED) is 0.295. The van der Waals surface area contributed by atoms with E-state index in [1.54, 1.807) is 31.1 Å². The second-order valence-corrected chi connectivity index (χ2v) is 10.8. The molecule has 0 spiro atoms. The number of amides is 1. The number of carbonyl (C=O) groups excluding carboxylic acids is 1. The molecule has 36 heavy (non-hydrogen) atoms. The third-order valence-corrected chi connectivity index (χ3v) is 7.88. The van der Waals surface area contributed by atoms with Gasteiger partial charge >= 0.3 is 5.97 Å². The molecule has 13 heteroatoms. The molecule has 3 heterocycles. The maximum Gasteiger partial charge on any atom is 0.306 e. The van der Waals surface area contributed by atoms with E-state index in [-0.39, 0.29) is 5.69 Å². The molecule has 4 aromatic rings. The summed E-state index contributed by atoms with van der Waals surface area (Å²) in [4.78, 5) is 35.7. The lowest BCUT2D eigenvalue weighted by molar-refractivity contribution is -0.141. The van der Waals surface area contributed by atoms with Crippen LogP contribution in [0.5, 0.6) is 5.75 Å². The summed E-state index contributed by atoms with van der Waals surface area (Å²) in [5, 5.41) is 21.5. The van der Waals surface area contributed by atoms with Crippen molar-refractivity contribution in [3.8, 4) is 5.75 Å². The number of aliphatic carboxylic acids is 1. The zero-order valence-corrected chi connectivity index (χ0v) is 22.0. The van der Waals surface area contributed by atoms with Gasteiger partial charge in [0.25, 0.3) is 5.91 Å². The van der Waals surface area contributed by atoms with Gasteiger partial charge in [-0.15, -0.1) is 21.5 Å². The summed E-state index contributed by atoms with van der Waals surface area (Å²) >= 11 is 3.95. The van der Waals surface area contributed by atoms with Gasteiger partial charge in [-0.1, -0.05) is 18.7 Å². The maximum atomic E-state index is 13.3. The minimum Gasteiger partial charge on any atom is -0.497 e. The lowest BCUT2D eigenvalue weighted by Gasteiger charge is -2.10. The van der Waals surface area contributed by atoms with Gasteiger partial charge in [0, 0.05) is 27.9 Å². The fourth-order valence-electron chi connectivity index (χ4n) is 2.96. The van der Waals surface area contributed by atoms with Gasteiger partial charge in [0.05, 0.1) is 13.0 Å². The first-order chi connectivity index (χ1) is 17.3. The number of rotatable bonds is 10. The van der Waals surface area contributed by atoms with Crippen molar-refractivity contribution in [3.63, 3.8) is 0 Å². The van der Waals surface area contributed by atoms with Gasteiger partial charge in [-0.05, 0) is 54.6 Å². The fraction of sp³-hybridized carbons (Fsp3) is 0.217. The van der Waals surface area contributed by atoms with Crippen molar-refractivity contribution >= 4 is 51.9 Å². The Bertz CT molecular complexity index is 1370. The number of aryl methyl sites for hydroxylation is 1. The van der Waals surface area contributed by atoms with E-state index in [0.29, 0.717) is 26.6 Å². The highest BCUT2D eigenvalue weighted by atomic mass is 32.2. The Hall–Kier alpha value is -3.42. The van der Waals surface area contributed by atoms with E-state index in [9.17, 15) is 9.59 Å². The van der Waals surface area contributed by atoms with Gasteiger partial charge in [0.1, 0.15) is 22.8 Å². The number of nitrogens with zero attached hydrogens (tertiary/aromatic N) is 5. The maximum absolute atomic E-state index is 13.3. The largest absolute Gasteiger partial charge is 0.497 e. The highest BCUT2D eigenvalue weighted by Gasteiger charge is 2.20. The highest BCUT2D eigenvalue weighted by molar-refractivity contribution is 7.99. The van der Waals surface area contributed by atoms with Crippen molar-refractivity contribution in [1.82, 2.24) is 24.7 Å². The van der Waals surface area contributed by atoms with E-state index >= 15 is 0 Å². The molecule has 0 radical (unpaired) electrons. The molecule has 1 amide bonds. The normalized spacial score (nSPS) is 11.8. The Morgan fingerprint density at radius 1 is 1.19 bits per heavy atom. The number of carboxylic acid groups (broad SMARTS) is 1. The molecule has 0 bridgehead atoms. The van der Waals surface area contributed by atoms with Crippen molar-refractivity contribution in [3.05, 3.63) is 59.5 Å². The zero-order valence-electron chi connectivity index (χ0n) is 19.5. The van der Waals surface area contributed by atoms with Crippen LogP contribution in [0.2, 0.25) is 0 Å². The third kappa shape index (κ3) is 6.42. The number of methoxy groups -OCH3 is 1. The van der Waals surface area contributed by atoms with E-state index < -0.39 is 17.8 Å². The second kappa shape index (κ2) is 11.5. The molecule has 0 aliphatic heterocycles. The first kappa shape index (κ1) is 25.7. The number of pyridine rings is 1. The van der Waals surface area contributed by atoms with E-state index in [1.807, 2.05) is 43.4 Å². The van der Waals surface area contributed by atoms with E-state index in [4.69, 9.17) is 9.84 Å². The number of anilines is 1. The van der Waals surface area contributed by atoms with Gasteiger partial charge in [-0.2, -0.15) is 0 Å². The molecule has 4 rings (SSSR count). The van der Waals surface area contributed by atoms with Crippen LogP contribution in [0, 0.1) is 5.92 Å². The summed E-state index contributed by atoms with van der Waals surface area (Å²) in [6.45, 7) is 1.63. The van der Waals surface area contributed by atoms with E-state index in [0.717, 1.165) is 15.5 Å². The third-order valence-electron chi connectivity index (χ3n) is 4.90. The lowest BCUT2D eigenvalue weighted by atomic mass is 10.1. The van der Waals surface area contributed by atoms with Crippen molar-refractivity contribution < 1.29 is 19.4 Å². The van der Waals surface area contributed by atoms with Crippen LogP contribution in [-0.4, -0.2) is 48.8 Å². The van der Waals surface area contributed by atoms with Crippen LogP contribution >= 0.6 is 34.9 Å². The van der Waals surface area contributed by atoms with Gasteiger partial charge < -0.3 is 14.4 Å². The molecule has 2 N–H and O–H groups in total. The van der Waals surface area contributed by atoms with Crippen LogP contribution in [0.4, 0.5) is 5.13 Å². The van der Waals surface area contributed by atoms with Gasteiger partial charge in [-0.25, -0.2) is 9.97 Å². The molecule has 0 saturated heterocycles. The predicted octanol–water partition coefficient (Wildman–Crippen LogP) is 4.49. The van der Waals surface area contributed by atoms with Crippen molar-refractivity contribution in [2.75, 3.05) is 12.4 Å². The topological polar surface area (TPSA) is 132 Å². The molecule has 186 valence electrons. The Morgan fingerprint density at radius 3 is 2.64 bits per heavy atom. The number of carbonyl (C=O) groups is 2. The molecule has 1 atom stereocenters. The van der Waals surface area contributed by atoms with Crippen molar-refractivity contribution in [1.29, 1.82) is 0 Å². The number of aromatic nitrogens is 5. The van der Waals surface area contributed by atoms with Crippen LogP contribution < -0.4 is 10.1 Å². The van der Waals surface area contributed by atoms with E-state index in [2.05, 4.69) is 25.5 Å². The number of ether oxygens (including phenoxy) is 1. The second-order valence-electron chi connectivity index (χ2n) is 7.63. The monoisotopic (exact) mass is 542 g/mol. The SMILES string of the molecule is COc1ccc(Sc2ccc(Sc3nncn3C)nc2C(=O)Nc2ncc(CC(C)C(=O)O)s2)cc1. The molecular formula is C23H22N6O4S3. The number of hydrogen-bond acceptors (Lipinski definition) is 10. The summed E-state index contributed by atoms with van der Waals surface area (Å²) < 4.78 is 6.99. The first-order valence-corrected chi connectivity index (χ1v) is 13.1. The van der Waals surface area contributed by atoms with Crippen LogP contribution in [0.1, 0.15) is 22.3 Å². The van der Waals surface area contributed by atoms with Crippen molar-refractivity contribution in [2.45, 2.75) is 33.3 Å². The van der Waals surface area contributed by atoms with Crippen LogP contribution in [0.25, 0.3) is 0 Å². The Morgan fingerprint density at radius 2 is 1.97 bits per heavy atom. The average Bonchev–Trinajstić information content (AvgIpc) is 3.48. The minimum atomic E-state index is -0.879. The van der Waals surface area contributed by atoms with Gasteiger partial charge in [0.2, 0.25) is 0 Å². The summed E-state index contributed by atoms with van der Waals surface area (Å²) in [6.07, 6.45) is 3.51. The standard InChI is InChI=1S/C23H22N6O4S3/c1-13(21(31)32)10-16-11-24-22(35-16)27-20(30)19-17(34-15-6-4-14(33-3)5-7-15)8-9-18(26-19)36-23-28-25-12-29(23)2/h4-9,11-13H,10H2,1-3H3,(H,31,32)(H,24,27,30). The van der Waals surface area contributed by atoms with Crippen molar-refractivity contribution in [2.24, 2.45) is 13.0 Å². The van der Waals surface area contributed by atoms with Gasteiger partial charge in [-0.3, -0.25) is 14.9 Å². The van der Waals surface area contributed by atoms with Crippen LogP contribution in [0.3, 0.4) is 0 Å². The highest BCUT2D eigenvalue weighted by Crippen LogP contribution is 2.34. The molecule has 1 aromatic carbocycles. The summed E-state index contributed by atoms with van der Waals surface area (Å²) in [6, 6.07) is 11.2. The first-order valence-electron chi connectivity index (χ1n) is 10.7. The number of nitrogens with one attached hydrogen (secondary N) is 1. The Labute approximate surface area is 219 Å². The number of benzene rings is 1. The molecule has 0 aliphatic rings. The molecule has 0 fully saturated rings. The zero-order chi connectivity index (χ0) is 25.7.